The Morgan fingerprint density at radius 3 is 3.10 bits per heavy atom. The Balaban J connectivity index is 1.81. The molecular weight excluding hydrogens is 282 g/mol. The molecule has 0 saturated carbocycles. The summed E-state index contributed by atoms with van der Waals surface area (Å²) in [7, 11) is 0. The molecular formula is C16H23N3OS. The van der Waals surface area contributed by atoms with Crippen molar-refractivity contribution in [3.8, 4) is 11.8 Å². The van der Waals surface area contributed by atoms with Gasteiger partial charge in [-0.1, -0.05) is 11.8 Å². The van der Waals surface area contributed by atoms with Gasteiger partial charge in [-0.15, -0.1) is 11.3 Å². The van der Waals surface area contributed by atoms with Crippen LogP contribution >= 0.6 is 11.3 Å². The van der Waals surface area contributed by atoms with E-state index in [1.54, 1.807) is 0 Å². The van der Waals surface area contributed by atoms with Gasteiger partial charge in [-0.25, -0.2) is 0 Å². The number of carbonyl (C=O) groups excluding carboxylic acids is 1. The number of nitrogens with two attached hydrogens (primary N) is 1. The van der Waals surface area contributed by atoms with Crippen LogP contribution in [0.3, 0.4) is 0 Å². The lowest BCUT2D eigenvalue weighted by molar-refractivity contribution is 0.0947. The van der Waals surface area contributed by atoms with Gasteiger partial charge in [0.05, 0.1) is 17.0 Å². The smallest absolute Gasteiger partial charge is 0.252 e. The normalized spacial score (nSPS) is 18.6. The van der Waals surface area contributed by atoms with Crippen LogP contribution in [-0.4, -0.2) is 43.0 Å². The zero-order valence-corrected chi connectivity index (χ0v) is 13.5. The highest BCUT2D eigenvalue weighted by molar-refractivity contribution is 7.10. The van der Waals surface area contributed by atoms with Crippen LogP contribution in [0.4, 0.5) is 0 Å². The van der Waals surface area contributed by atoms with Crippen molar-refractivity contribution in [3.05, 3.63) is 21.9 Å². The minimum absolute atomic E-state index is 0.00459. The molecule has 1 aromatic heterocycles. The van der Waals surface area contributed by atoms with Gasteiger partial charge in [-0.2, -0.15) is 0 Å². The molecule has 4 nitrogen and oxygen atoms in total. The van der Waals surface area contributed by atoms with Gasteiger partial charge in [-0.05, 0) is 38.8 Å². The fraction of sp³-hybridized carbons (Fsp3) is 0.562. The summed E-state index contributed by atoms with van der Waals surface area (Å²) in [4.78, 5) is 15.5. The van der Waals surface area contributed by atoms with Gasteiger partial charge in [0.25, 0.3) is 5.91 Å². The first kappa shape index (κ1) is 16.0. The van der Waals surface area contributed by atoms with E-state index in [0.717, 1.165) is 30.9 Å². The van der Waals surface area contributed by atoms with Gasteiger partial charge in [0.2, 0.25) is 0 Å². The topological polar surface area (TPSA) is 58.4 Å². The predicted octanol–water partition coefficient (Wildman–Crippen LogP) is 1.52. The van der Waals surface area contributed by atoms with Crippen LogP contribution in [0.15, 0.2) is 11.4 Å². The number of nitrogens with zero attached hydrogens (tertiary/aromatic N) is 1. The first-order valence-corrected chi connectivity index (χ1v) is 8.28. The largest absolute Gasteiger partial charge is 0.352 e. The van der Waals surface area contributed by atoms with Crippen LogP contribution in [0, 0.1) is 17.8 Å². The average molecular weight is 305 g/mol. The van der Waals surface area contributed by atoms with Crippen molar-refractivity contribution in [2.24, 2.45) is 11.7 Å². The number of thiophene rings is 1. The molecule has 114 valence electrons. The van der Waals surface area contributed by atoms with Crippen LogP contribution in [0.1, 0.15) is 35.5 Å². The van der Waals surface area contributed by atoms with E-state index in [4.69, 9.17) is 5.73 Å². The molecule has 0 aliphatic carbocycles. The fourth-order valence-corrected chi connectivity index (χ4v) is 3.25. The molecule has 0 radical (unpaired) electrons. The van der Waals surface area contributed by atoms with Gasteiger partial charge < -0.3 is 16.0 Å². The van der Waals surface area contributed by atoms with E-state index >= 15 is 0 Å². The lowest BCUT2D eigenvalue weighted by Gasteiger charge is -2.20. The van der Waals surface area contributed by atoms with Gasteiger partial charge in [0.1, 0.15) is 0 Å². The number of hydrogen-bond acceptors (Lipinski definition) is 4. The molecule has 1 fully saturated rings. The highest BCUT2D eigenvalue weighted by atomic mass is 32.1. The first-order valence-electron chi connectivity index (χ1n) is 7.40. The Bertz CT molecular complexity index is 541. The highest BCUT2D eigenvalue weighted by Gasteiger charge is 2.24. The molecule has 21 heavy (non-hydrogen) atoms. The summed E-state index contributed by atoms with van der Waals surface area (Å²) in [5.41, 5.74) is 6.04. The SMILES string of the molecule is CC(C)N1CCC(CNC(=O)c2csc(C#CCN)c2)C1. The van der Waals surface area contributed by atoms with Gasteiger partial charge in [-0.3, -0.25) is 4.79 Å². The minimum atomic E-state index is -0.00459. The molecule has 1 amide bonds. The zero-order chi connectivity index (χ0) is 15.2. The van der Waals surface area contributed by atoms with Crippen molar-refractivity contribution < 1.29 is 4.79 Å². The van der Waals surface area contributed by atoms with Gasteiger partial charge in [0, 0.05) is 24.5 Å². The number of likely N-dealkylation sites (tertiary alicyclic amines) is 1. The third kappa shape index (κ3) is 4.57. The molecule has 1 aromatic rings. The summed E-state index contributed by atoms with van der Waals surface area (Å²) in [6, 6.07) is 2.42. The van der Waals surface area contributed by atoms with E-state index in [1.165, 1.54) is 11.3 Å². The molecule has 0 aromatic carbocycles. The van der Waals surface area contributed by atoms with E-state index in [0.29, 0.717) is 24.1 Å². The Labute approximate surface area is 130 Å². The number of carbonyl (C=O) groups is 1. The molecule has 5 heteroatoms. The van der Waals surface area contributed by atoms with Crippen LogP contribution in [0.2, 0.25) is 0 Å². The maximum atomic E-state index is 12.1. The molecule has 2 rings (SSSR count). The molecule has 0 spiro atoms. The van der Waals surface area contributed by atoms with Crippen molar-refractivity contribution in [2.75, 3.05) is 26.2 Å². The minimum Gasteiger partial charge on any atom is -0.352 e. The average Bonchev–Trinajstić information content (AvgIpc) is 3.11. The molecule has 1 aliphatic heterocycles. The molecule has 1 atom stereocenters. The molecule has 3 N–H and O–H groups in total. The van der Waals surface area contributed by atoms with Crippen molar-refractivity contribution >= 4 is 17.2 Å². The number of amides is 1. The maximum absolute atomic E-state index is 12.1. The Morgan fingerprint density at radius 1 is 1.62 bits per heavy atom. The number of nitrogens with one attached hydrogen (secondary N) is 1. The summed E-state index contributed by atoms with van der Waals surface area (Å²) in [6.45, 7) is 7.74. The zero-order valence-electron chi connectivity index (χ0n) is 12.7. The van der Waals surface area contributed by atoms with E-state index in [1.807, 2.05) is 11.4 Å². The van der Waals surface area contributed by atoms with Crippen LogP contribution < -0.4 is 11.1 Å². The summed E-state index contributed by atoms with van der Waals surface area (Å²) < 4.78 is 0. The second-order valence-corrected chi connectivity index (χ2v) is 6.57. The van der Waals surface area contributed by atoms with Gasteiger partial charge >= 0.3 is 0 Å². The van der Waals surface area contributed by atoms with Crippen molar-refractivity contribution in [1.82, 2.24) is 10.2 Å². The lowest BCUT2D eigenvalue weighted by atomic mass is 10.1. The quantitative estimate of drug-likeness (QED) is 0.829. The lowest BCUT2D eigenvalue weighted by Crippen LogP contribution is -2.32. The van der Waals surface area contributed by atoms with E-state index < -0.39 is 0 Å². The van der Waals surface area contributed by atoms with Crippen molar-refractivity contribution in [3.63, 3.8) is 0 Å². The summed E-state index contributed by atoms with van der Waals surface area (Å²) >= 11 is 1.48. The second kappa shape index (κ2) is 7.60. The van der Waals surface area contributed by atoms with Crippen molar-refractivity contribution in [2.45, 2.75) is 26.3 Å². The van der Waals surface area contributed by atoms with Crippen LogP contribution in [0.25, 0.3) is 0 Å². The van der Waals surface area contributed by atoms with E-state index in [2.05, 4.69) is 35.9 Å². The Kier molecular flexibility index (Phi) is 5.80. The first-order chi connectivity index (χ1) is 10.1. The van der Waals surface area contributed by atoms with Crippen molar-refractivity contribution in [1.29, 1.82) is 0 Å². The van der Waals surface area contributed by atoms with E-state index in [-0.39, 0.29) is 5.91 Å². The fourth-order valence-electron chi connectivity index (χ4n) is 2.50. The predicted molar refractivity (Wildman–Crippen MR) is 87.4 cm³/mol. The highest BCUT2D eigenvalue weighted by Crippen LogP contribution is 2.18. The summed E-state index contributed by atoms with van der Waals surface area (Å²) in [6.07, 6.45) is 1.16. The molecule has 2 heterocycles. The second-order valence-electron chi connectivity index (χ2n) is 5.66. The summed E-state index contributed by atoms with van der Waals surface area (Å²) in [5.74, 6) is 6.31. The molecule has 1 aliphatic rings. The number of hydrogen-bond donors (Lipinski definition) is 2. The number of rotatable bonds is 4. The standard InChI is InChI=1S/C16H23N3OS/c1-12(2)19-7-5-13(10-19)9-18-16(20)14-8-15(21-11-14)4-3-6-17/h8,11-13H,5-7,9-10,17H2,1-2H3,(H,18,20). The van der Waals surface area contributed by atoms with Gasteiger partial charge in [0.15, 0.2) is 0 Å². The third-order valence-electron chi connectivity index (χ3n) is 3.77. The molecule has 1 unspecified atom stereocenters. The third-order valence-corrected chi connectivity index (χ3v) is 4.62. The molecule has 0 bridgehead atoms. The summed E-state index contributed by atoms with van der Waals surface area (Å²) in [5, 5.41) is 4.89. The van der Waals surface area contributed by atoms with E-state index in [9.17, 15) is 4.79 Å². The monoisotopic (exact) mass is 305 g/mol. The van der Waals surface area contributed by atoms with Crippen LogP contribution in [-0.2, 0) is 0 Å². The Hall–Kier alpha value is -1.35. The molecule has 1 saturated heterocycles. The van der Waals surface area contributed by atoms with Crippen LogP contribution in [0.5, 0.6) is 0 Å². The Morgan fingerprint density at radius 2 is 2.43 bits per heavy atom. The maximum Gasteiger partial charge on any atom is 0.252 e.